The predicted molar refractivity (Wildman–Crippen MR) is 86.1 cm³/mol. The van der Waals surface area contributed by atoms with Crippen molar-refractivity contribution < 1.29 is 13.9 Å². The third-order valence-corrected chi connectivity index (χ3v) is 5.31. The van der Waals surface area contributed by atoms with Gasteiger partial charge in [-0.1, -0.05) is 18.9 Å². The molecule has 1 N–H and O–H groups in total. The molecular weight excluding hydrogens is 298 g/mol. The molecule has 1 atom stereocenters. The van der Waals surface area contributed by atoms with Crippen molar-refractivity contribution >= 4 is 0 Å². The van der Waals surface area contributed by atoms with Crippen molar-refractivity contribution in [2.24, 2.45) is 0 Å². The van der Waals surface area contributed by atoms with Crippen LogP contribution in [0.1, 0.15) is 37.7 Å². The number of nitrogens with zero attached hydrogens (tertiary/aromatic N) is 2. The van der Waals surface area contributed by atoms with Gasteiger partial charge in [0, 0.05) is 50.4 Å². The number of piperazine rings is 1. The highest BCUT2D eigenvalue weighted by Crippen LogP contribution is 2.28. The molecule has 1 saturated carbocycles. The van der Waals surface area contributed by atoms with E-state index in [1.54, 1.807) is 0 Å². The molecule has 1 aliphatic carbocycles. The topological polar surface area (TPSA) is 26.7 Å². The highest BCUT2D eigenvalue weighted by atomic mass is 19.1. The van der Waals surface area contributed by atoms with Crippen molar-refractivity contribution in [3.63, 3.8) is 0 Å². The molecule has 1 heterocycles. The van der Waals surface area contributed by atoms with Gasteiger partial charge in [-0.05, 0) is 31.4 Å². The SMILES string of the molecule is OCC[C@@H]1CN(Cc2c(F)cccc2F)CCN1C1CCCC1. The Morgan fingerprint density at radius 2 is 1.78 bits per heavy atom. The van der Waals surface area contributed by atoms with Gasteiger partial charge in [0.2, 0.25) is 0 Å². The molecule has 2 aliphatic rings. The second-order valence-corrected chi connectivity index (χ2v) is 6.78. The van der Waals surface area contributed by atoms with Crippen LogP contribution in [0, 0.1) is 11.6 Å². The monoisotopic (exact) mass is 324 g/mol. The summed E-state index contributed by atoms with van der Waals surface area (Å²) in [6.45, 7) is 2.98. The number of halogens is 2. The highest BCUT2D eigenvalue weighted by molar-refractivity contribution is 5.19. The lowest BCUT2D eigenvalue weighted by Crippen LogP contribution is -2.56. The Hall–Kier alpha value is -1.04. The third-order valence-electron chi connectivity index (χ3n) is 5.31. The van der Waals surface area contributed by atoms with Crippen molar-refractivity contribution in [3.8, 4) is 0 Å². The smallest absolute Gasteiger partial charge is 0.130 e. The Morgan fingerprint density at radius 1 is 1.09 bits per heavy atom. The van der Waals surface area contributed by atoms with Crippen LogP contribution in [0.4, 0.5) is 8.78 Å². The summed E-state index contributed by atoms with van der Waals surface area (Å²) < 4.78 is 27.7. The second kappa shape index (κ2) is 7.69. The molecule has 0 spiro atoms. The lowest BCUT2D eigenvalue weighted by Gasteiger charge is -2.44. The van der Waals surface area contributed by atoms with E-state index < -0.39 is 11.6 Å². The average molecular weight is 324 g/mol. The summed E-state index contributed by atoms with van der Waals surface area (Å²) in [5.41, 5.74) is 0.157. The first-order valence-electron chi connectivity index (χ1n) is 8.71. The van der Waals surface area contributed by atoms with Crippen LogP contribution in [0.3, 0.4) is 0 Å². The van der Waals surface area contributed by atoms with Crippen LogP contribution in [0.2, 0.25) is 0 Å². The zero-order valence-electron chi connectivity index (χ0n) is 13.6. The van der Waals surface area contributed by atoms with Crippen molar-refractivity contribution in [1.82, 2.24) is 9.80 Å². The maximum absolute atomic E-state index is 13.9. The van der Waals surface area contributed by atoms with E-state index in [0.29, 0.717) is 12.6 Å². The van der Waals surface area contributed by atoms with E-state index in [1.165, 1.54) is 43.9 Å². The first-order valence-corrected chi connectivity index (χ1v) is 8.71. The van der Waals surface area contributed by atoms with Crippen LogP contribution in [-0.4, -0.2) is 53.2 Å². The molecule has 23 heavy (non-hydrogen) atoms. The standard InChI is InChI=1S/C18H26F2N2O/c19-17-6-3-7-18(20)16(17)13-21-9-10-22(14-4-1-2-5-14)15(12-21)8-11-23/h3,6-7,14-15,23H,1-2,4-5,8-13H2/t15-/m1/s1. The summed E-state index contributed by atoms with van der Waals surface area (Å²) in [6, 6.07) is 4.95. The van der Waals surface area contributed by atoms with Gasteiger partial charge in [0.15, 0.2) is 0 Å². The first-order chi connectivity index (χ1) is 11.2. The van der Waals surface area contributed by atoms with Crippen molar-refractivity contribution in [1.29, 1.82) is 0 Å². The molecule has 128 valence electrons. The van der Waals surface area contributed by atoms with E-state index in [0.717, 1.165) is 26.1 Å². The average Bonchev–Trinajstić information content (AvgIpc) is 3.06. The minimum atomic E-state index is -0.470. The molecular formula is C18H26F2N2O. The maximum Gasteiger partial charge on any atom is 0.130 e. The first kappa shape index (κ1) is 16.8. The molecule has 3 rings (SSSR count). The van der Waals surface area contributed by atoms with Gasteiger partial charge < -0.3 is 5.11 Å². The van der Waals surface area contributed by atoms with E-state index >= 15 is 0 Å². The fraction of sp³-hybridized carbons (Fsp3) is 0.667. The summed E-state index contributed by atoms with van der Waals surface area (Å²) in [7, 11) is 0. The molecule has 0 amide bonds. The zero-order chi connectivity index (χ0) is 16.2. The van der Waals surface area contributed by atoms with Crippen LogP contribution in [0.15, 0.2) is 18.2 Å². The van der Waals surface area contributed by atoms with Crippen LogP contribution in [0.5, 0.6) is 0 Å². The molecule has 1 saturated heterocycles. The molecule has 0 radical (unpaired) electrons. The number of rotatable bonds is 5. The number of aliphatic hydroxyl groups is 1. The van der Waals surface area contributed by atoms with E-state index in [4.69, 9.17) is 0 Å². The van der Waals surface area contributed by atoms with Gasteiger partial charge in [-0.3, -0.25) is 9.80 Å². The molecule has 1 aromatic carbocycles. The lowest BCUT2D eigenvalue weighted by atomic mass is 10.0. The molecule has 1 aromatic rings. The van der Waals surface area contributed by atoms with Gasteiger partial charge in [0.1, 0.15) is 11.6 Å². The Labute approximate surface area is 136 Å². The lowest BCUT2D eigenvalue weighted by molar-refractivity contribution is 0.0259. The highest BCUT2D eigenvalue weighted by Gasteiger charge is 2.33. The Balaban J connectivity index is 1.66. The van der Waals surface area contributed by atoms with Crippen LogP contribution < -0.4 is 0 Å². The molecule has 2 fully saturated rings. The molecule has 5 heteroatoms. The number of aliphatic hydroxyl groups excluding tert-OH is 1. The van der Waals surface area contributed by atoms with Gasteiger partial charge in [0.05, 0.1) is 0 Å². The Bertz CT molecular complexity index is 499. The van der Waals surface area contributed by atoms with Gasteiger partial charge in [-0.15, -0.1) is 0 Å². The van der Waals surface area contributed by atoms with Crippen LogP contribution in [0.25, 0.3) is 0 Å². The second-order valence-electron chi connectivity index (χ2n) is 6.78. The fourth-order valence-electron chi connectivity index (χ4n) is 4.11. The van der Waals surface area contributed by atoms with Crippen LogP contribution in [-0.2, 0) is 6.54 Å². The largest absolute Gasteiger partial charge is 0.396 e. The van der Waals surface area contributed by atoms with E-state index in [9.17, 15) is 13.9 Å². The van der Waals surface area contributed by atoms with E-state index in [-0.39, 0.29) is 18.2 Å². The summed E-state index contributed by atoms with van der Waals surface area (Å²) in [5.74, 6) is -0.941. The van der Waals surface area contributed by atoms with E-state index in [1.807, 2.05) is 0 Å². The molecule has 0 bridgehead atoms. The summed E-state index contributed by atoms with van der Waals surface area (Å²) >= 11 is 0. The van der Waals surface area contributed by atoms with Gasteiger partial charge >= 0.3 is 0 Å². The van der Waals surface area contributed by atoms with E-state index in [2.05, 4.69) is 9.80 Å². The normalized spacial score (nSPS) is 24.4. The number of hydrogen-bond acceptors (Lipinski definition) is 3. The number of benzene rings is 1. The van der Waals surface area contributed by atoms with Gasteiger partial charge in [0.25, 0.3) is 0 Å². The van der Waals surface area contributed by atoms with Crippen LogP contribution >= 0.6 is 0 Å². The van der Waals surface area contributed by atoms with Gasteiger partial charge in [-0.25, -0.2) is 8.78 Å². The zero-order valence-corrected chi connectivity index (χ0v) is 13.6. The minimum absolute atomic E-state index is 0.157. The summed E-state index contributed by atoms with van der Waals surface area (Å²) in [4.78, 5) is 4.64. The predicted octanol–water partition coefficient (Wildman–Crippen LogP) is 2.78. The summed E-state index contributed by atoms with van der Waals surface area (Å²) in [6.07, 6.45) is 5.79. The van der Waals surface area contributed by atoms with Crippen molar-refractivity contribution in [2.45, 2.75) is 50.7 Å². The van der Waals surface area contributed by atoms with Crippen molar-refractivity contribution in [3.05, 3.63) is 35.4 Å². The van der Waals surface area contributed by atoms with Crippen molar-refractivity contribution in [2.75, 3.05) is 26.2 Å². The molecule has 1 aliphatic heterocycles. The third kappa shape index (κ3) is 3.90. The quantitative estimate of drug-likeness (QED) is 0.902. The number of hydrogen-bond donors (Lipinski definition) is 1. The molecule has 0 aromatic heterocycles. The summed E-state index contributed by atoms with van der Waals surface area (Å²) in [5, 5.41) is 9.38. The van der Waals surface area contributed by atoms with Gasteiger partial charge in [-0.2, -0.15) is 0 Å². The maximum atomic E-state index is 13.9. The minimum Gasteiger partial charge on any atom is -0.396 e. The molecule has 0 unspecified atom stereocenters. The molecule has 3 nitrogen and oxygen atoms in total. The Morgan fingerprint density at radius 3 is 2.43 bits per heavy atom. The Kier molecular flexibility index (Phi) is 5.62. The fourth-order valence-corrected chi connectivity index (χ4v) is 4.11.